The third-order valence-corrected chi connectivity index (χ3v) is 3.36. The van der Waals surface area contributed by atoms with Gasteiger partial charge in [0, 0.05) is 12.5 Å². The quantitative estimate of drug-likeness (QED) is 0.731. The van der Waals surface area contributed by atoms with Gasteiger partial charge in [-0.25, -0.2) is 4.79 Å². The fraction of sp³-hybridized carbons (Fsp3) is 0.818. The normalized spacial score (nSPS) is 35.0. The van der Waals surface area contributed by atoms with E-state index in [2.05, 4.69) is 0 Å². The molecule has 0 radical (unpaired) electrons. The number of carbonyl (C=O) groups is 2. The first-order valence-electron chi connectivity index (χ1n) is 5.13. The van der Waals surface area contributed by atoms with Gasteiger partial charge in [0.25, 0.3) is 0 Å². The van der Waals surface area contributed by atoms with Crippen molar-refractivity contribution < 1.29 is 24.2 Å². The first-order chi connectivity index (χ1) is 7.29. The maximum Gasteiger partial charge on any atom is 0.333 e. The number of carbonyl (C=O) groups excluding carboxylic acids is 1. The van der Waals surface area contributed by atoms with Crippen molar-refractivity contribution in [2.24, 2.45) is 10.8 Å². The number of ether oxygens (including phenoxy) is 2. The van der Waals surface area contributed by atoms with Gasteiger partial charge in [0.2, 0.25) is 0 Å². The molecule has 5 heteroatoms. The van der Waals surface area contributed by atoms with E-state index >= 15 is 0 Å². The van der Waals surface area contributed by atoms with E-state index in [0.29, 0.717) is 12.8 Å². The molecule has 0 aromatic rings. The zero-order valence-electron chi connectivity index (χ0n) is 10.1. The third-order valence-electron chi connectivity index (χ3n) is 3.36. The second-order valence-corrected chi connectivity index (χ2v) is 5.01. The van der Waals surface area contributed by atoms with E-state index in [9.17, 15) is 9.59 Å². The number of hydrogen-bond acceptors (Lipinski definition) is 4. The van der Waals surface area contributed by atoms with Gasteiger partial charge < -0.3 is 14.6 Å². The lowest BCUT2D eigenvalue weighted by atomic mass is 9.52. The molecule has 92 valence electrons. The van der Waals surface area contributed by atoms with Crippen LogP contribution in [-0.2, 0) is 19.1 Å². The Hall–Kier alpha value is -1.10. The smallest absolute Gasteiger partial charge is 0.333 e. The van der Waals surface area contributed by atoms with Crippen LogP contribution < -0.4 is 0 Å². The summed E-state index contributed by atoms with van der Waals surface area (Å²) in [6, 6.07) is 0. The average Bonchev–Trinajstić information content (AvgIpc) is 2.14. The summed E-state index contributed by atoms with van der Waals surface area (Å²) < 4.78 is 9.67. The second-order valence-electron chi connectivity index (χ2n) is 5.01. The molecule has 16 heavy (non-hydrogen) atoms. The molecular weight excluding hydrogens is 212 g/mol. The van der Waals surface area contributed by atoms with Gasteiger partial charge in [0.05, 0.1) is 12.5 Å². The molecule has 0 aromatic heterocycles. The Labute approximate surface area is 94.7 Å². The predicted molar refractivity (Wildman–Crippen MR) is 55.9 cm³/mol. The Kier molecular flexibility index (Phi) is 3.28. The fourth-order valence-corrected chi connectivity index (χ4v) is 2.99. The highest BCUT2D eigenvalue weighted by Crippen LogP contribution is 2.57. The Morgan fingerprint density at radius 1 is 1.25 bits per heavy atom. The summed E-state index contributed by atoms with van der Waals surface area (Å²) in [5.41, 5.74) is -1.07. The lowest BCUT2D eigenvalue weighted by Crippen LogP contribution is -2.56. The number of aliphatic carboxylic acids is 1. The van der Waals surface area contributed by atoms with Crippen LogP contribution in [0.3, 0.4) is 0 Å². The maximum atomic E-state index is 11.5. The molecule has 5 nitrogen and oxygen atoms in total. The first-order valence-corrected chi connectivity index (χ1v) is 5.13. The number of methoxy groups -OCH3 is 2. The summed E-state index contributed by atoms with van der Waals surface area (Å²) in [6.07, 6.45) is 0.0693. The van der Waals surface area contributed by atoms with Crippen molar-refractivity contribution in [1.82, 2.24) is 0 Å². The van der Waals surface area contributed by atoms with Gasteiger partial charge in [-0.15, -0.1) is 0 Å². The minimum atomic E-state index is -0.989. The van der Waals surface area contributed by atoms with E-state index in [1.54, 1.807) is 6.92 Å². The van der Waals surface area contributed by atoms with Gasteiger partial charge in [0.15, 0.2) is 6.10 Å². The highest BCUT2D eigenvalue weighted by molar-refractivity contribution is 5.80. The highest BCUT2D eigenvalue weighted by atomic mass is 16.5. The predicted octanol–water partition coefficient (Wildman–Crippen LogP) is 1.07. The molecule has 0 saturated heterocycles. The third kappa shape index (κ3) is 1.91. The SMILES string of the molecule is COC(=O)C1(C)CC(C)(C(OC)C(=O)O)C1. The molecular formula is C11H18O5. The molecule has 1 atom stereocenters. The zero-order chi connectivity index (χ0) is 12.6. The molecule has 0 spiro atoms. The van der Waals surface area contributed by atoms with E-state index in [0.717, 1.165) is 0 Å². The topological polar surface area (TPSA) is 72.8 Å². The van der Waals surface area contributed by atoms with Crippen LogP contribution >= 0.6 is 0 Å². The second kappa shape index (κ2) is 4.05. The molecule has 1 aliphatic carbocycles. The van der Waals surface area contributed by atoms with E-state index < -0.39 is 22.9 Å². The largest absolute Gasteiger partial charge is 0.479 e. The summed E-state index contributed by atoms with van der Waals surface area (Å²) in [5.74, 6) is -1.28. The summed E-state index contributed by atoms with van der Waals surface area (Å²) in [4.78, 5) is 22.5. The van der Waals surface area contributed by atoms with Crippen LogP contribution in [0.25, 0.3) is 0 Å². The molecule has 0 bridgehead atoms. The number of hydrogen-bond donors (Lipinski definition) is 1. The van der Waals surface area contributed by atoms with Gasteiger partial charge in [-0.1, -0.05) is 6.92 Å². The standard InChI is InChI=1S/C11H18O5/c1-10(7(15-3)8(12)13)5-11(2,6-10)9(14)16-4/h7H,5-6H2,1-4H3,(H,12,13). The van der Waals surface area contributed by atoms with Crippen LogP contribution in [0.4, 0.5) is 0 Å². The van der Waals surface area contributed by atoms with Crippen LogP contribution in [0, 0.1) is 10.8 Å². The minimum Gasteiger partial charge on any atom is -0.479 e. The lowest BCUT2D eigenvalue weighted by molar-refractivity contribution is -0.188. The van der Waals surface area contributed by atoms with Crippen LogP contribution in [0.1, 0.15) is 26.7 Å². The molecule has 0 amide bonds. The Bertz CT molecular complexity index is 303. The van der Waals surface area contributed by atoms with Gasteiger partial charge in [-0.05, 0) is 19.8 Å². The maximum absolute atomic E-state index is 11.5. The molecule has 1 rings (SSSR count). The highest BCUT2D eigenvalue weighted by Gasteiger charge is 2.59. The molecule has 1 aliphatic rings. The molecule has 1 unspecified atom stereocenters. The number of carboxylic acid groups (broad SMARTS) is 1. The van der Waals surface area contributed by atoms with Crippen molar-refractivity contribution in [2.75, 3.05) is 14.2 Å². The monoisotopic (exact) mass is 230 g/mol. The van der Waals surface area contributed by atoms with Crippen LogP contribution in [0.2, 0.25) is 0 Å². The van der Waals surface area contributed by atoms with E-state index in [-0.39, 0.29) is 5.97 Å². The van der Waals surface area contributed by atoms with E-state index in [1.807, 2.05) is 6.92 Å². The molecule has 1 N–H and O–H groups in total. The molecule has 1 saturated carbocycles. The van der Waals surface area contributed by atoms with Crippen LogP contribution in [-0.4, -0.2) is 37.4 Å². The number of carboxylic acids is 1. The zero-order valence-corrected chi connectivity index (χ0v) is 10.1. The average molecular weight is 230 g/mol. The Morgan fingerprint density at radius 3 is 2.06 bits per heavy atom. The van der Waals surface area contributed by atoms with Gasteiger partial charge in [-0.3, -0.25) is 4.79 Å². The molecule has 1 fully saturated rings. The Morgan fingerprint density at radius 2 is 1.75 bits per heavy atom. The number of rotatable bonds is 4. The lowest BCUT2D eigenvalue weighted by Gasteiger charge is -2.52. The van der Waals surface area contributed by atoms with Crippen molar-refractivity contribution in [3.05, 3.63) is 0 Å². The minimum absolute atomic E-state index is 0.287. The van der Waals surface area contributed by atoms with Gasteiger partial charge in [0.1, 0.15) is 0 Å². The molecule has 0 aromatic carbocycles. The Balaban J connectivity index is 2.74. The van der Waals surface area contributed by atoms with E-state index in [1.165, 1.54) is 14.2 Å². The van der Waals surface area contributed by atoms with Crippen molar-refractivity contribution in [1.29, 1.82) is 0 Å². The van der Waals surface area contributed by atoms with Crippen molar-refractivity contribution in [3.63, 3.8) is 0 Å². The van der Waals surface area contributed by atoms with Gasteiger partial charge >= 0.3 is 11.9 Å². The van der Waals surface area contributed by atoms with Crippen LogP contribution in [0.15, 0.2) is 0 Å². The van der Waals surface area contributed by atoms with Crippen molar-refractivity contribution >= 4 is 11.9 Å². The summed E-state index contributed by atoms with van der Waals surface area (Å²) in [7, 11) is 2.71. The first kappa shape index (κ1) is 13.0. The summed E-state index contributed by atoms with van der Waals surface area (Å²) in [6.45, 7) is 3.61. The van der Waals surface area contributed by atoms with Crippen LogP contribution in [0.5, 0.6) is 0 Å². The van der Waals surface area contributed by atoms with Gasteiger partial charge in [-0.2, -0.15) is 0 Å². The van der Waals surface area contributed by atoms with E-state index in [4.69, 9.17) is 14.6 Å². The fourth-order valence-electron chi connectivity index (χ4n) is 2.99. The van der Waals surface area contributed by atoms with Crippen molar-refractivity contribution in [3.8, 4) is 0 Å². The summed E-state index contributed by atoms with van der Waals surface area (Å²) >= 11 is 0. The molecule has 0 aliphatic heterocycles. The summed E-state index contributed by atoms with van der Waals surface area (Å²) in [5, 5.41) is 9.00. The van der Waals surface area contributed by atoms with Crippen molar-refractivity contribution in [2.45, 2.75) is 32.8 Å². The molecule has 0 heterocycles. The number of esters is 1.